The van der Waals surface area contributed by atoms with Gasteiger partial charge in [-0.1, -0.05) is 0 Å². The second-order valence-electron chi connectivity index (χ2n) is 11.0. The van der Waals surface area contributed by atoms with Gasteiger partial charge in [-0.3, -0.25) is 4.79 Å². The number of hydrogen-bond acceptors (Lipinski definition) is 16. The lowest BCUT2D eigenvalue weighted by Gasteiger charge is -2.49. The van der Waals surface area contributed by atoms with Crippen molar-refractivity contribution in [3.63, 3.8) is 0 Å². The SMILES string of the molecule is CN(F)C1C(O)C(OC2C(NC(=O)C(O)CNF)CC(NF)C(OC3OC(CNF)C(O)C(O)C3O)C2O)OCC1(C)O. The zero-order valence-electron chi connectivity index (χ0n) is 23.0. The third kappa shape index (κ3) is 8.06. The first-order valence-electron chi connectivity index (χ1n) is 13.3. The molecule has 11 N–H and O–H groups in total. The van der Waals surface area contributed by atoms with Gasteiger partial charge in [-0.05, 0) is 13.3 Å². The normalized spacial score (nSPS) is 44.7. The second kappa shape index (κ2) is 15.2. The lowest BCUT2D eigenvalue weighted by molar-refractivity contribution is -0.338. The summed E-state index contributed by atoms with van der Waals surface area (Å²) in [6, 6.07) is -4.58. The maximum absolute atomic E-state index is 14.2. The number of aliphatic hydroxyl groups excluding tert-OH is 6. The Labute approximate surface area is 242 Å². The Balaban J connectivity index is 1.90. The number of ether oxygens (including phenoxy) is 4. The number of hydrogen-bond donors (Lipinski definition) is 11. The molecule has 21 heteroatoms. The quantitative estimate of drug-likeness (QED) is 0.0703. The molecule has 0 aromatic carbocycles. The standard InChI is InChI=1S/C22H39F4N5O12/c1-22(39)6-40-20(15(37)18(22)31(2)26)42-16-7(29-19(38)9(32)4-27-23)3-8(30-25)17(14(16)36)43-21-13(35)12(34)11(33)10(41-21)5-28-24/h7-18,20-21,27-28,30,32-37,39H,3-6H2,1-2H3,(H,29,38). The van der Waals surface area contributed by atoms with Crippen molar-refractivity contribution < 1.29 is 77.4 Å². The summed E-state index contributed by atoms with van der Waals surface area (Å²) in [5, 5.41) is 75.3. The molecule has 3 rings (SSSR count). The molecule has 2 saturated heterocycles. The van der Waals surface area contributed by atoms with Crippen LogP contribution in [0.4, 0.5) is 17.9 Å². The molecule has 1 aliphatic carbocycles. The summed E-state index contributed by atoms with van der Waals surface area (Å²) < 4.78 is 75.4. The average molecular weight is 642 g/mol. The van der Waals surface area contributed by atoms with Crippen LogP contribution in [-0.4, -0.2) is 165 Å². The Morgan fingerprint density at radius 1 is 0.977 bits per heavy atom. The van der Waals surface area contributed by atoms with Crippen LogP contribution in [0.1, 0.15) is 13.3 Å². The molecule has 0 spiro atoms. The monoisotopic (exact) mass is 641 g/mol. The maximum Gasteiger partial charge on any atom is 0.250 e. The summed E-state index contributed by atoms with van der Waals surface area (Å²) in [5.74, 6) is -1.19. The summed E-state index contributed by atoms with van der Waals surface area (Å²) in [6.45, 7) is -0.897. The van der Waals surface area contributed by atoms with E-state index < -0.39 is 123 Å². The molecule has 3 fully saturated rings. The van der Waals surface area contributed by atoms with E-state index in [-0.39, 0.29) is 5.12 Å². The molecule has 43 heavy (non-hydrogen) atoms. The predicted octanol–water partition coefficient (Wildman–Crippen LogP) is -5.38. The Kier molecular flexibility index (Phi) is 12.8. The summed E-state index contributed by atoms with van der Waals surface area (Å²) >= 11 is 0. The van der Waals surface area contributed by atoms with Crippen molar-refractivity contribution in [1.82, 2.24) is 27.1 Å². The van der Waals surface area contributed by atoms with E-state index in [1.54, 1.807) is 0 Å². The van der Waals surface area contributed by atoms with Gasteiger partial charge in [0, 0.05) is 7.05 Å². The van der Waals surface area contributed by atoms with Crippen molar-refractivity contribution in [2.45, 2.75) is 105 Å². The van der Waals surface area contributed by atoms with Gasteiger partial charge in [-0.25, -0.2) is 0 Å². The van der Waals surface area contributed by atoms with Gasteiger partial charge in [0.25, 0.3) is 5.91 Å². The number of rotatable bonds is 12. The van der Waals surface area contributed by atoms with Gasteiger partial charge in [-0.2, -0.15) is 16.6 Å². The third-order valence-electron chi connectivity index (χ3n) is 7.71. The highest BCUT2D eigenvalue weighted by Gasteiger charge is 2.55. The lowest BCUT2D eigenvalue weighted by atomic mass is 9.83. The highest BCUT2D eigenvalue weighted by molar-refractivity contribution is 5.81. The van der Waals surface area contributed by atoms with Crippen LogP contribution in [0.25, 0.3) is 0 Å². The average Bonchev–Trinajstić information content (AvgIpc) is 2.93. The topological polar surface area (TPSA) is 247 Å². The number of amides is 1. The van der Waals surface area contributed by atoms with E-state index >= 15 is 0 Å². The number of nitrogens with zero attached hydrogens (tertiary/aromatic N) is 1. The van der Waals surface area contributed by atoms with Gasteiger partial charge >= 0.3 is 0 Å². The van der Waals surface area contributed by atoms with E-state index in [9.17, 15) is 58.5 Å². The molecule has 15 unspecified atom stereocenters. The number of likely N-dealkylation sites (N-methyl/N-ethyl adjacent to an activating group) is 1. The molecule has 252 valence electrons. The number of carbonyl (C=O) groups is 1. The van der Waals surface area contributed by atoms with Gasteiger partial charge in [0.15, 0.2) is 12.6 Å². The highest BCUT2D eigenvalue weighted by atomic mass is 19.2. The van der Waals surface area contributed by atoms with E-state index in [4.69, 9.17) is 18.9 Å². The van der Waals surface area contributed by atoms with Crippen LogP contribution in [0.3, 0.4) is 0 Å². The van der Waals surface area contributed by atoms with Crippen molar-refractivity contribution >= 4 is 5.91 Å². The minimum absolute atomic E-state index is 0.0135. The zero-order valence-corrected chi connectivity index (χ0v) is 23.0. The second-order valence-corrected chi connectivity index (χ2v) is 11.0. The van der Waals surface area contributed by atoms with Crippen LogP contribution in [0, 0.1) is 0 Å². The largest absolute Gasteiger partial charge is 0.388 e. The van der Waals surface area contributed by atoms with Crippen LogP contribution in [0.2, 0.25) is 0 Å². The minimum atomic E-state index is -2.03. The van der Waals surface area contributed by atoms with Crippen LogP contribution >= 0.6 is 0 Å². The Morgan fingerprint density at radius 3 is 2.19 bits per heavy atom. The Morgan fingerprint density at radius 2 is 1.60 bits per heavy atom. The third-order valence-corrected chi connectivity index (χ3v) is 7.71. The Hall–Kier alpha value is -1.41. The molecule has 17 nitrogen and oxygen atoms in total. The fraction of sp³-hybridized carbons (Fsp3) is 0.955. The van der Waals surface area contributed by atoms with E-state index in [2.05, 4.69) is 5.32 Å². The van der Waals surface area contributed by atoms with Gasteiger partial charge < -0.3 is 60.0 Å². The van der Waals surface area contributed by atoms with Crippen LogP contribution in [0.5, 0.6) is 0 Å². The number of nitrogens with one attached hydrogen (secondary N) is 4. The number of carbonyl (C=O) groups excluding carboxylic acids is 1. The molecule has 2 heterocycles. The fourth-order valence-corrected chi connectivity index (χ4v) is 5.50. The van der Waals surface area contributed by atoms with E-state index in [1.165, 1.54) is 18.0 Å². The summed E-state index contributed by atoms with van der Waals surface area (Å²) in [5.41, 5.74) is 1.75. The fourth-order valence-electron chi connectivity index (χ4n) is 5.50. The van der Waals surface area contributed by atoms with Crippen molar-refractivity contribution in [2.75, 3.05) is 26.7 Å². The van der Waals surface area contributed by atoms with Gasteiger partial charge in [0.1, 0.15) is 66.6 Å². The van der Waals surface area contributed by atoms with E-state index in [0.717, 1.165) is 12.6 Å². The number of aliphatic hydroxyl groups is 7. The molecule has 0 aromatic rings. The van der Waals surface area contributed by atoms with E-state index in [0.29, 0.717) is 0 Å². The lowest BCUT2D eigenvalue weighted by Crippen LogP contribution is -2.70. The highest BCUT2D eigenvalue weighted by Crippen LogP contribution is 2.34. The first-order chi connectivity index (χ1) is 20.2. The summed E-state index contributed by atoms with van der Waals surface area (Å²) in [6.07, 6.45) is -20.7. The van der Waals surface area contributed by atoms with E-state index in [1.807, 2.05) is 0 Å². The summed E-state index contributed by atoms with van der Waals surface area (Å²) in [7, 11) is 0.914. The van der Waals surface area contributed by atoms with Crippen molar-refractivity contribution in [1.29, 1.82) is 0 Å². The molecule has 0 aromatic heterocycles. The van der Waals surface area contributed by atoms with Crippen molar-refractivity contribution in [2.24, 2.45) is 0 Å². The molecule has 2 aliphatic heterocycles. The van der Waals surface area contributed by atoms with Gasteiger partial charge in [0.05, 0.1) is 31.8 Å². The molecule has 15 atom stereocenters. The molecule has 1 amide bonds. The minimum Gasteiger partial charge on any atom is -0.388 e. The molecule has 0 bridgehead atoms. The van der Waals surface area contributed by atoms with Crippen LogP contribution in [0.15, 0.2) is 0 Å². The van der Waals surface area contributed by atoms with Crippen LogP contribution in [-0.2, 0) is 23.7 Å². The van der Waals surface area contributed by atoms with Crippen molar-refractivity contribution in [3.8, 4) is 0 Å². The zero-order chi connectivity index (χ0) is 32.2. The van der Waals surface area contributed by atoms with Crippen LogP contribution < -0.4 is 21.9 Å². The smallest absolute Gasteiger partial charge is 0.250 e. The molecular weight excluding hydrogens is 602 g/mol. The maximum atomic E-state index is 14.2. The number of halogens is 4. The van der Waals surface area contributed by atoms with Crippen molar-refractivity contribution in [3.05, 3.63) is 0 Å². The summed E-state index contributed by atoms with van der Waals surface area (Å²) in [4.78, 5) is 12.5. The molecule has 3 aliphatic rings. The first kappa shape index (κ1) is 36.1. The molecular formula is C22H39F4N5O12. The first-order valence-corrected chi connectivity index (χ1v) is 13.3. The van der Waals surface area contributed by atoms with Gasteiger partial charge in [-0.15, -0.1) is 23.0 Å². The molecule has 0 radical (unpaired) electrons. The molecule has 1 saturated carbocycles. The Bertz CT molecular complexity index is 906. The predicted molar refractivity (Wildman–Crippen MR) is 130 cm³/mol. The van der Waals surface area contributed by atoms with Gasteiger partial charge in [0.2, 0.25) is 0 Å².